The predicted molar refractivity (Wildman–Crippen MR) is 181 cm³/mol. The number of ether oxygens (including phenoxy) is 1. The molecule has 0 amide bonds. The molecule has 0 fully saturated rings. The standard InChI is InChI=1S/C40H31NOSi/c1-43(2,3)28-22-19-26(20-23-28)27-21-24-38-34(25-27)40(32-14-6-9-18-37(32)42-38)31-13-5-8-17-36(31)41-35-16-7-4-11-29(35)30-12-10-15-33(40)39(30)41/h4-25H,1-3H3/q-1. The second-order valence-corrected chi connectivity index (χ2v) is 18.0. The Bertz CT molecular complexity index is 2250. The molecule has 0 bridgehead atoms. The molecule has 3 heteroatoms. The van der Waals surface area contributed by atoms with Crippen LogP contribution in [-0.4, -0.2) is 12.6 Å². The van der Waals surface area contributed by atoms with E-state index in [1.54, 1.807) is 0 Å². The van der Waals surface area contributed by atoms with E-state index in [4.69, 9.17) is 4.74 Å². The molecule has 9 rings (SSSR count). The Hall–Kier alpha value is -4.86. The Morgan fingerprint density at radius 3 is 2.02 bits per heavy atom. The topological polar surface area (TPSA) is 14.2 Å². The van der Waals surface area contributed by atoms with E-state index in [1.165, 1.54) is 66.1 Å². The summed E-state index contributed by atoms with van der Waals surface area (Å²) in [5.41, 5.74) is 10.6. The average molecular weight is 570 g/mol. The van der Waals surface area contributed by atoms with Crippen LogP contribution in [0.2, 0.25) is 19.6 Å². The summed E-state index contributed by atoms with van der Waals surface area (Å²) in [6.07, 6.45) is 0. The Kier molecular flexibility index (Phi) is 4.94. The third-order valence-electron chi connectivity index (χ3n) is 9.63. The van der Waals surface area contributed by atoms with Gasteiger partial charge in [0.2, 0.25) is 0 Å². The number of benzene rings is 6. The number of para-hydroxylation sites is 4. The highest BCUT2D eigenvalue weighted by atomic mass is 28.3. The highest BCUT2D eigenvalue weighted by Gasteiger charge is 2.50. The lowest BCUT2D eigenvalue weighted by Crippen LogP contribution is -2.37. The number of nitrogens with zero attached hydrogens (tertiary/aromatic N) is 1. The van der Waals surface area contributed by atoms with Crippen LogP contribution >= 0.6 is 0 Å². The van der Waals surface area contributed by atoms with Crippen molar-refractivity contribution >= 4 is 35.1 Å². The SMILES string of the molecule is C[Si-](C)(C)c1ccc(-c2ccc3c(c2)C2(c4ccccc4O3)c3ccccc3-n3c4ccccc4c4cccc2c43)cc1. The van der Waals surface area contributed by atoms with Gasteiger partial charge in [0.1, 0.15) is 11.5 Å². The van der Waals surface area contributed by atoms with Gasteiger partial charge in [-0.1, -0.05) is 103 Å². The summed E-state index contributed by atoms with van der Waals surface area (Å²) < 4.78 is 9.20. The molecule has 1 atom stereocenters. The lowest BCUT2D eigenvalue weighted by atomic mass is 9.61. The molecule has 3 heterocycles. The molecule has 6 aromatic carbocycles. The number of hydrogen-bond donors (Lipinski definition) is 0. The van der Waals surface area contributed by atoms with E-state index in [2.05, 4.69) is 158 Å². The first-order valence-electron chi connectivity index (χ1n) is 15.1. The largest absolute Gasteiger partial charge is 0.457 e. The summed E-state index contributed by atoms with van der Waals surface area (Å²) in [6.45, 7) is 7.21. The van der Waals surface area contributed by atoms with Crippen molar-refractivity contribution in [3.8, 4) is 28.3 Å². The fourth-order valence-corrected chi connectivity index (χ4v) is 8.83. The van der Waals surface area contributed by atoms with Crippen LogP contribution < -0.4 is 9.92 Å². The fourth-order valence-electron chi connectivity index (χ4n) is 7.67. The van der Waals surface area contributed by atoms with Gasteiger partial charge in [-0.05, 0) is 52.6 Å². The van der Waals surface area contributed by atoms with Crippen LogP contribution in [0.5, 0.6) is 11.5 Å². The highest BCUT2D eigenvalue weighted by Crippen LogP contribution is 2.60. The molecule has 1 spiro atoms. The van der Waals surface area contributed by atoms with Crippen molar-refractivity contribution in [3.63, 3.8) is 0 Å². The van der Waals surface area contributed by atoms with Gasteiger partial charge in [-0.2, -0.15) is 24.8 Å². The lowest BCUT2D eigenvalue weighted by molar-refractivity contribution is 0.434. The van der Waals surface area contributed by atoms with Gasteiger partial charge >= 0.3 is 0 Å². The maximum atomic E-state index is 6.72. The van der Waals surface area contributed by atoms with Crippen LogP contribution in [-0.2, 0) is 5.41 Å². The highest BCUT2D eigenvalue weighted by molar-refractivity contribution is 6.88. The van der Waals surface area contributed by atoms with Crippen molar-refractivity contribution in [2.45, 2.75) is 25.1 Å². The van der Waals surface area contributed by atoms with E-state index < -0.39 is 13.5 Å². The molecule has 2 aliphatic rings. The number of fused-ring (bicyclic) bond motifs is 11. The quantitative estimate of drug-likeness (QED) is 0.189. The van der Waals surface area contributed by atoms with E-state index in [9.17, 15) is 0 Å². The van der Waals surface area contributed by atoms with E-state index in [0.717, 1.165) is 11.5 Å². The number of hydrogen-bond acceptors (Lipinski definition) is 1. The van der Waals surface area contributed by atoms with Crippen molar-refractivity contribution in [2.75, 3.05) is 0 Å². The molecule has 0 radical (unpaired) electrons. The maximum absolute atomic E-state index is 6.72. The second kappa shape index (κ2) is 8.59. The monoisotopic (exact) mass is 569 g/mol. The molecule has 1 aromatic heterocycles. The Morgan fingerprint density at radius 2 is 1.19 bits per heavy atom. The van der Waals surface area contributed by atoms with Gasteiger partial charge in [-0.15, -0.1) is 8.07 Å². The first-order valence-corrected chi connectivity index (χ1v) is 18.6. The second-order valence-electron chi connectivity index (χ2n) is 13.0. The third kappa shape index (κ3) is 3.23. The zero-order chi connectivity index (χ0) is 28.9. The van der Waals surface area contributed by atoms with Gasteiger partial charge in [0.25, 0.3) is 0 Å². The molecule has 0 N–H and O–H groups in total. The summed E-state index contributed by atoms with van der Waals surface area (Å²) in [6, 6.07) is 49.3. The summed E-state index contributed by atoms with van der Waals surface area (Å²) in [5, 5.41) is 4.04. The first-order chi connectivity index (χ1) is 21.0. The van der Waals surface area contributed by atoms with Crippen LogP contribution in [0.25, 0.3) is 38.6 Å². The van der Waals surface area contributed by atoms with E-state index >= 15 is 0 Å². The summed E-state index contributed by atoms with van der Waals surface area (Å²) in [7, 11) is -1.39. The first kappa shape index (κ1) is 24.7. The number of aromatic nitrogens is 1. The number of rotatable bonds is 2. The molecular formula is C40H31NOSi-. The van der Waals surface area contributed by atoms with E-state index in [-0.39, 0.29) is 0 Å². The van der Waals surface area contributed by atoms with Crippen molar-refractivity contribution in [3.05, 3.63) is 156 Å². The lowest BCUT2D eigenvalue weighted by Gasteiger charge is -2.45. The molecule has 0 saturated heterocycles. The molecule has 207 valence electrons. The predicted octanol–water partition coefficient (Wildman–Crippen LogP) is 9.80. The van der Waals surface area contributed by atoms with E-state index in [1.807, 2.05) is 0 Å². The Morgan fingerprint density at radius 1 is 0.535 bits per heavy atom. The third-order valence-corrected chi connectivity index (χ3v) is 11.7. The minimum atomic E-state index is -1.39. The minimum Gasteiger partial charge on any atom is -0.457 e. The molecule has 43 heavy (non-hydrogen) atoms. The molecule has 7 aromatic rings. The fraction of sp³-hybridized carbons (Fsp3) is 0.100. The van der Waals surface area contributed by atoms with Gasteiger partial charge in [0.05, 0.1) is 22.1 Å². The van der Waals surface area contributed by atoms with Crippen LogP contribution in [0.15, 0.2) is 133 Å². The Labute approximate surface area is 252 Å². The van der Waals surface area contributed by atoms with Gasteiger partial charge in [0, 0.05) is 21.9 Å². The summed E-state index contributed by atoms with van der Waals surface area (Å²) in [4.78, 5) is 0. The van der Waals surface area contributed by atoms with Crippen LogP contribution in [0, 0.1) is 0 Å². The molecule has 2 aliphatic heterocycles. The maximum Gasteiger partial charge on any atom is 0.132 e. The van der Waals surface area contributed by atoms with Gasteiger partial charge in [0.15, 0.2) is 0 Å². The van der Waals surface area contributed by atoms with Crippen molar-refractivity contribution < 1.29 is 4.74 Å². The zero-order valence-corrected chi connectivity index (χ0v) is 25.6. The van der Waals surface area contributed by atoms with Crippen LogP contribution in [0.3, 0.4) is 0 Å². The molecule has 0 aliphatic carbocycles. The Balaban J connectivity index is 1.42. The van der Waals surface area contributed by atoms with Crippen LogP contribution in [0.4, 0.5) is 0 Å². The summed E-state index contributed by atoms with van der Waals surface area (Å²) >= 11 is 0. The van der Waals surface area contributed by atoms with E-state index in [0.29, 0.717) is 0 Å². The molecular weight excluding hydrogens is 539 g/mol. The normalized spacial score (nSPS) is 16.5. The van der Waals surface area contributed by atoms with Gasteiger partial charge in [-0.3, -0.25) is 0 Å². The molecule has 2 nitrogen and oxygen atoms in total. The smallest absolute Gasteiger partial charge is 0.132 e. The van der Waals surface area contributed by atoms with Crippen molar-refractivity contribution in [1.82, 2.24) is 4.57 Å². The van der Waals surface area contributed by atoms with Gasteiger partial charge < -0.3 is 9.30 Å². The van der Waals surface area contributed by atoms with Crippen LogP contribution in [0.1, 0.15) is 22.3 Å². The zero-order valence-electron chi connectivity index (χ0n) is 24.6. The molecule has 1 unspecified atom stereocenters. The minimum absolute atomic E-state index is 0.543. The average Bonchev–Trinajstić information content (AvgIpc) is 3.38. The van der Waals surface area contributed by atoms with Crippen molar-refractivity contribution in [2.24, 2.45) is 0 Å². The van der Waals surface area contributed by atoms with Gasteiger partial charge in [-0.25, -0.2) is 0 Å². The summed E-state index contributed by atoms with van der Waals surface area (Å²) in [5.74, 6) is 1.83. The van der Waals surface area contributed by atoms with Crippen molar-refractivity contribution in [1.29, 1.82) is 0 Å². The molecule has 0 saturated carbocycles.